The van der Waals surface area contributed by atoms with Gasteiger partial charge in [-0.3, -0.25) is 9.78 Å². The number of rotatable bonds is 4. The Bertz CT molecular complexity index is 864. The van der Waals surface area contributed by atoms with Gasteiger partial charge in [0.25, 0.3) is 0 Å². The quantitative estimate of drug-likeness (QED) is 0.662. The van der Waals surface area contributed by atoms with Crippen LogP contribution in [0.3, 0.4) is 0 Å². The second-order valence-electron chi connectivity index (χ2n) is 10.5. The number of allylic oxidation sites excluding steroid dienone is 2. The summed E-state index contributed by atoms with van der Waals surface area (Å²) in [6.45, 7) is 8.71. The molecule has 0 aromatic carbocycles. The van der Waals surface area contributed by atoms with Crippen molar-refractivity contribution in [2.75, 3.05) is 13.2 Å². The topological polar surface area (TPSA) is 42.4 Å². The lowest BCUT2D eigenvalue weighted by atomic mass is 9.54. The van der Waals surface area contributed by atoms with Gasteiger partial charge in [-0.25, -0.2) is 0 Å². The average molecular weight is 409 g/mol. The molecule has 1 amide bonds. The molecule has 0 bridgehead atoms. The molecular weight excluding hydrogens is 372 g/mol. The molecule has 3 fully saturated rings. The number of pyridine rings is 1. The van der Waals surface area contributed by atoms with Gasteiger partial charge in [-0.05, 0) is 92.2 Å². The summed E-state index contributed by atoms with van der Waals surface area (Å²) in [5, 5.41) is 0. The van der Waals surface area contributed by atoms with E-state index in [2.05, 4.69) is 42.8 Å². The highest BCUT2D eigenvalue weighted by Gasteiger charge is 2.58. The summed E-state index contributed by atoms with van der Waals surface area (Å²) in [4.78, 5) is 19.7. The minimum absolute atomic E-state index is 0.0811. The van der Waals surface area contributed by atoms with Crippen LogP contribution in [0.5, 0.6) is 5.75 Å². The van der Waals surface area contributed by atoms with Gasteiger partial charge in [-0.15, -0.1) is 0 Å². The smallest absolute Gasteiger partial charge is 0.223 e. The van der Waals surface area contributed by atoms with Gasteiger partial charge < -0.3 is 9.64 Å². The Kier molecular flexibility index (Phi) is 4.95. The zero-order valence-electron chi connectivity index (χ0n) is 18.8. The highest BCUT2D eigenvalue weighted by Crippen LogP contribution is 2.63. The van der Waals surface area contributed by atoms with E-state index in [1.807, 2.05) is 12.4 Å². The Morgan fingerprint density at radius 2 is 2.07 bits per heavy atom. The number of carbonyl (C=O) groups excluding carboxylic acids is 1. The summed E-state index contributed by atoms with van der Waals surface area (Å²) in [5.74, 6) is 3.21. The van der Waals surface area contributed by atoms with E-state index in [9.17, 15) is 4.79 Å². The SMILES string of the molecule is CCCOc1cncc(C2=CCC3C4CCC(=O)N5CCCC5(C)C4CCC23C)c1. The zero-order chi connectivity index (χ0) is 20.9. The highest BCUT2D eigenvalue weighted by atomic mass is 16.5. The lowest BCUT2D eigenvalue weighted by molar-refractivity contribution is -0.135. The van der Waals surface area contributed by atoms with E-state index in [4.69, 9.17) is 4.74 Å². The lowest BCUT2D eigenvalue weighted by Crippen LogP contribution is -2.53. The maximum Gasteiger partial charge on any atom is 0.223 e. The molecule has 0 radical (unpaired) electrons. The Morgan fingerprint density at radius 1 is 1.20 bits per heavy atom. The molecule has 1 saturated carbocycles. The highest BCUT2D eigenvalue weighted by molar-refractivity contribution is 5.78. The number of nitrogens with zero attached hydrogens (tertiary/aromatic N) is 2. The molecule has 1 aromatic rings. The molecule has 5 atom stereocenters. The number of amides is 1. The molecule has 2 saturated heterocycles. The summed E-state index contributed by atoms with van der Waals surface area (Å²) in [5.41, 5.74) is 2.95. The van der Waals surface area contributed by atoms with Crippen LogP contribution in [0.25, 0.3) is 5.57 Å². The normalized spacial score (nSPS) is 37.8. The number of hydrogen-bond donors (Lipinski definition) is 0. The van der Waals surface area contributed by atoms with Gasteiger partial charge >= 0.3 is 0 Å². The molecule has 1 aromatic heterocycles. The van der Waals surface area contributed by atoms with Crippen molar-refractivity contribution < 1.29 is 9.53 Å². The van der Waals surface area contributed by atoms with E-state index >= 15 is 0 Å². The fraction of sp³-hybridized carbons (Fsp3) is 0.692. The van der Waals surface area contributed by atoms with Crippen molar-refractivity contribution in [1.82, 2.24) is 9.88 Å². The fourth-order valence-corrected chi connectivity index (χ4v) is 7.55. The first-order valence-electron chi connectivity index (χ1n) is 12.1. The van der Waals surface area contributed by atoms with Crippen LogP contribution in [0.4, 0.5) is 0 Å². The molecule has 4 nitrogen and oxygen atoms in total. The molecule has 0 spiro atoms. The van der Waals surface area contributed by atoms with Crippen molar-refractivity contribution in [2.24, 2.45) is 23.2 Å². The second kappa shape index (κ2) is 7.39. The number of ether oxygens (including phenoxy) is 1. The van der Waals surface area contributed by atoms with Crippen LogP contribution in [0.15, 0.2) is 24.5 Å². The summed E-state index contributed by atoms with van der Waals surface area (Å²) in [6.07, 6.45) is 15.1. The number of carbonyl (C=O) groups is 1. The Morgan fingerprint density at radius 3 is 2.90 bits per heavy atom. The predicted molar refractivity (Wildman–Crippen MR) is 119 cm³/mol. The van der Waals surface area contributed by atoms with E-state index < -0.39 is 0 Å². The van der Waals surface area contributed by atoms with Crippen molar-refractivity contribution in [2.45, 2.75) is 77.7 Å². The van der Waals surface area contributed by atoms with Crippen LogP contribution in [-0.4, -0.2) is 34.5 Å². The maximum absolute atomic E-state index is 12.9. The zero-order valence-corrected chi connectivity index (χ0v) is 18.8. The van der Waals surface area contributed by atoms with Gasteiger partial charge in [0, 0.05) is 24.7 Å². The Balaban J connectivity index is 1.44. The van der Waals surface area contributed by atoms with Gasteiger partial charge in [-0.1, -0.05) is 19.9 Å². The molecule has 4 heteroatoms. The molecule has 4 aliphatic rings. The van der Waals surface area contributed by atoms with E-state index in [0.29, 0.717) is 23.7 Å². The number of hydrogen-bond acceptors (Lipinski definition) is 3. The third-order valence-electron chi connectivity index (χ3n) is 8.99. The van der Waals surface area contributed by atoms with Crippen molar-refractivity contribution in [3.8, 4) is 5.75 Å². The van der Waals surface area contributed by atoms with Crippen LogP contribution >= 0.6 is 0 Å². The molecular formula is C26H36N2O2. The molecule has 5 rings (SSSR count). The number of fused-ring (bicyclic) bond motifs is 5. The molecule has 5 unspecified atom stereocenters. The van der Waals surface area contributed by atoms with E-state index in [1.165, 1.54) is 36.8 Å². The first-order valence-corrected chi connectivity index (χ1v) is 12.1. The molecule has 3 heterocycles. The van der Waals surface area contributed by atoms with Crippen LogP contribution in [0, 0.1) is 23.2 Å². The minimum atomic E-state index is 0.0811. The Hall–Kier alpha value is -1.84. The minimum Gasteiger partial charge on any atom is -0.492 e. The van der Waals surface area contributed by atoms with E-state index in [0.717, 1.165) is 44.6 Å². The Labute approximate surface area is 181 Å². The van der Waals surface area contributed by atoms with Crippen molar-refractivity contribution >= 4 is 11.5 Å². The van der Waals surface area contributed by atoms with Gasteiger partial charge in [-0.2, -0.15) is 0 Å². The van der Waals surface area contributed by atoms with Crippen LogP contribution in [-0.2, 0) is 4.79 Å². The van der Waals surface area contributed by atoms with Gasteiger partial charge in [0.05, 0.1) is 12.8 Å². The molecule has 0 N–H and O–H groups in total. The monoisotopic (exact) mass is 408 g/mol. The van der Waals surface area contributed by atoms with Crippen molar-refractivity contribution in [1.29, 1.82) is 0 Å². The summed E-state index contributed by atoms with van der Waals surface area (Å²) in [6, 6.07) is 2.19. The molecule has 2 aliphatic heterocycles. The standard InChI is InChI=1S/C26H36N2O2/c1-4-14-30-19-15-18(16-27-17-19)21-7-8-22-20-6-9-24(29)28-13-5-11-26(28,3)23(20)10-12-25(21,22)2/h7,15-17,20,22-23H,4-6,8-14H2,1-3H3. The molecule has 162 valence electrons. The second-order valence-corrected chi connectivity index (χ2v) is 10.5. The van der Waals surface area contributed by atoms with Gasteiger partial charge in [0.2, 0.25) is 5.91 Å². The van der Waals surface area contributed by atoms with Crippen molar-refractivity contribution in [3.63, 3.8) is 0 Å². The third-order valence-corrected chi connectivity index (χ3v) is 8.99. The third kappa shape index (κ3) is 2.93. The summed E-state index contributed by atoms with van der Waals surface area (Å²) < 4.78 is 5.87. The van der Waals surface area contributed by atoms with Gasteiger partial charge in [0.1, 0.15) is 5.75 Å². The first-order chi connectivity index (χ1) is 14.5. The van der Waals surface area contributed by atoms with Crippen molar-refractivity contribution in [3.05, 3.63) is 30.1 Å². The average Bonchev–Trinajstić information content (AvgIpc) is 3.28. The number of aromatic nitrogens is 1. The van der Waals surface area contributed by atoms with Crippen LogP contribution < -0.4 is 4.74 Å². The maximum atomic E-state index is 12.9. The summed E-state index contributed by atoms with van der Waals surface area (Å²) in [7, 11) is 0. The molecule has 2 aliphatic carbocycles. The van der Waals surface area contributed by atoms with E-state index in [-0.39, 0.29) is 11.0 Å². The van der Waals surface area contributed by atoms with E-state index in [1.54, 1.807) is 0 Å². The van der Waals surface area contributed by atoms with Crippen LogP contribution in [0.1, 0.15) is 77.7 Å². The molecule has 30 heavy (non-hydrogen) atoms. The van der Waals surface area contributed by atoms with Crippen LogP contribution in [0.2, 0.25) is 0 Å². The fourth-order valence-electron chi connectivity index (χ4n) is 7.55. The van der Waals surface area contributed by atoms with Gasteiger partial charge in [0.15, 0.2) is 0 Å². The lowest BCUT2D eigenvalue weighted by Gasteiger charge is -2.53. The largest absolute Gasteiger partial charge is 0.492 e. The summed E-state index contributed by atoms with van der Waals surface area (Å²) >= 11 is 0. The first kappa shape index (κ1) is 20.1. The predicted octanol–water partition coefficient (Wildman–Crippen LogP) is 5.48.